The molecule has 3 aromatic rings. The average Bonchev–Trinajstić information content (AvgIpc) is 3.28. The van der Waals surface area contributed by atoms with Crippen LogP contribution in [0.2, 0.25) is 0 Å². The van der Waals surface area contributed by atoms with Crippen molar-refractivity contribution in [2.45, 2.75) is 46.3 Å². The third-order valence-corrected chi connectivity index (χ3v) is 5.21. The largest absolute Gasteiger partial charge is 0.465 e. The lowest BCUT2D eigenvalue weighted by molar-refractivity contribution is -0.143. The third-order valence-electron chi connectivity index (χ3n) is 5.21. The first-order valence-electron chi connectivity index (χ1n) is 9.91. The third kappa shape index (κ3) is 3.18. The highest BCUT2D eigenvalue weighted by Gasteiger charge is 2.40. The number of carbonyl (C=O) groups is 2. The molecule has 0 saturated heterocycles. The molecule has 0 spiro atoms. The van der Waals surface area contributed by atoms with E-state index in [9.17, 15) is 14.4 Å². The van der Waals surface area contributed by atoms with Crippen LogP contribution in [0, 0.1) is 0 Å². The van der Waals surface area contributed by atoms with Gasteiger partial charge in [-0.05, 0) is 27.7 Å². The van der Waals surface area contributed by atoms with Gasteiger partial charge in [0, 0.05) is 17.2 Å². The van der Waals surface area contributed by atoms with E-state index < -0.39 is 11.5 Å². The number of amides is 1. The predicted octanol–water partition coefficient (Wildman–Crippen LogP) is 2.48. The summed E-state index contributed by atoms with van der Waals surface area (Å²) in [7, 11) is 0. The lowest BCUT2D eigenvalue weighted by Gasteiger charge is -2.31. The van der Waals surface area contributed by atoms with Crippen molar-refractivity contribution < 1.29 is 14.3 Å². The van der Waals surface area contributed by atoms with Crippen molar-refractivity contribution in [3.63, 3.8) is 0 Å². The fraction of sp³-hybridized carbons (Fsp3) is 0.364. The Bertz CT molecular complexity index is 1200. The fourth-order valence-corrected chi connectivity index (χ4v) is 3.75. The van der Waals surface area contributed by atoms with E-state index in [1.165, 1.54) is 4.52 Å². The molecule has 4 rings (SSSR count). The molecule has 1 aliphatic heterocycles. The zero-order chi connectivity index (χ0) is 21.6. The second-order valence-electron chi connectivity index (χ2n) is 8.25. The summed E-state index contributed by atoms with van der Waals surface area (Å²) in [6.45, 7) is 7.69. The van der Waals surface area contributed by atoms with Crippen molar-refractivity contribution in [1.29, 1.82) is 0 Å². The molecule has 0 N–H and O–H groups in total. The number of carbonyl (C=O) groups excluding carboxylic acids is 2. The summed E-state index contributed by atoms with van der Waals surface area (Å²) < 4.78 is 7.95. The van der Waals surface area contributed by atoms with Crippen molar-refractivity contribution in [2.24, 2.45) is 0 Å². The van der Waals surface area contributed by atoms with Gasteiger partial charge in [-0.25, -0.2) is 0 Å². The van der Waals surface area contributed by atoms with Crippen LogP contribution in [-0.2, 0) is 22.6 Å². The SMILES string of the molecule is CCOC(=O)Cn1c2c(c(=O)n3nc(-c4ccccc4)cc13)CN(C(C)(C)C)C2=O. The zero-order valence-electron chi connectivity index (χ0n) is 17.5. The molecule has 1 aromatic carbocycles. The number of esters is 1. The lowest BCUT2D eigenvalue weighted by atomic mass is 10.1. The Balaban J connectivity index is 1.96. The van der Waals surface area contributed by atoms with Gasteiger partial charge in [0.15, 0.2) is 0 Å². The molecule has 0 unspecified atom stereocenters. The molecule has 0 atom stereocenters. The average molecular weight is 408 g/mol. The number of hydrogen-bond donors (Lipinski definition) is 0. The van der Waals surface area contributed by atoms with Crippen molar-refractivity contribution in [3.8, 4) is 11.3 Å². The standard InChI is InChI=1S/C22H24N4O4/c1-5-30-18(27)13-24-17-11-16(14-9-7-6-8-10-14)23-26(17)20(28)15-12-25(22(2,3)4)21(29)19(15)24/h6-11H,5,12-13H2,1-4H3. The molecule has 3 heterocycles. The van der Waals surface area contributed by atoms with Gasteiger partial charge in [-0.2, -0.15) is 9.61 Å². The molecule has 1 amide bonds. The molecular formula is C22H24N4O4. The van der Waals surface area contributed by atoms with Crippen LogP contribution in [0.15, 0.2) is 41.2 Å². The van der Waals surface area contributed by atoms with Crippen molar-refractivity contribution in [2.75, 3.05) is 6.61 Å². The molecule has 1 aliphatic rings. The Morgan fingerprint density at radius 2 is 1.87 bits per heavy atom. The first-order valence-corrected chi connectivity index (χ1v) is 9.91. The maximum atomic E-state index is 13.3. The van der Waals surface area contributed by atoms with E-state index in [1.54, 1.807) is 22.5 Å². The number of benzene rings is 1. The monoisotopic (exact) mass is 408 g/mol. The fourth-order valence-electron chi connectivity index (χ4n) is 3.75. The Morgan fingerprint density at radius 3 is 2.50 bits per heavy atom. The molecule has 30 heavy (non-hydrogen) atoms. The van der Waals surface area contributed by atoms with E-state index in [2.05, 4.69) is 5.10 Å². The minimum atomic E-state index is -0.477. The van der Waals surface area contributed by atoms with Crippen molar-refractivity contribution in [3.05, 3.63) is 58.0 Å². The predicted molar refractivity (Wildman–Crippen MR) is 111 cm³/mol. The topological polar surface area (TPSA) is 85.9 Å². The molecule has 0 radical (unpaired) electrons. The molecule has 2 aromatic heterocycles. The highest BCUT2D eigenvalue weighted by atomic mass is 16.5. The van der Waals surface area contributed by atoms with Gasteiger partial charge in [-0.15, -0.1) is 0 Å². The van der Waals surface area contributed by atoms with Crippen LogP contribution < -0.4 is 5.56 Å². The second-order valence-corrected chi connectivity index (χ2v) is 8.25. The number of fused-ring (bicyclic) bond motifs is 2. The maximum Gasteiger partial charge on any atom is 0.326 e. The van der Waals surface area contributed by atoms with Crippen molar-refractivity contribution >= 4 is 17.5 Å². The van der Waals surface area contributed by atoms with E-state index in [0.29, 0.717) is 16.9 Å². The summed E-state index contributed by atoms with van der Waals surface area (Å²) >= 11 is 0. The molecule has 8 nitrogen and oxygen atoms in total. The van der Waals surface area contributed by atoms with Crippen LogP contribution in [-0.4, -0.2) is 43.1 Å². The Kier molecular flexibility index (Phi) is 4.72. The van der Waals surface area contributed by atoms with Crippen LogP contribution >= 0.6 is 0 Å². The van der Waals surface area contributed by atoms with Gasteiger partial charge >= 0.3 is 5.97 Å². The quantitative estimate of drug-likeness (QED) is 0.619. The van der Waals surface area contributed by atoms with Gasteiger partial charge in [0.05, 0.1) is 24.4 Å². The van der Waals surface area contributed by atoms with Gasteiger partial charge in [0.2, 0.25) is 0 Å². The van der Waals surface area contributed by atoms with Gasteiger partial charge in [0.25, 0.3) is 11.5 Å². The maximum absolute atomic E-state index is 13.3. The minimum Gasteiger partial charge on any atom is -0.465 e. The van der Waals surface area contributed by atoms with Gasteiger partial charge in [0.1, 0.15) is 17.9 Å². The molecule has 0 saturated carbocycles. The van der Waals surface area contributed by atoms with E-state index in [0.717, 1.165) is 5.56 Å². The molecule has 8 heteroatoms. The Labute approximate surface area is 173 Å². The van der Waals surface area contributed by atoms with Crippen LogP contribution in [0.25, 0.3) is 16.9 Å². The second kappa shape index (κ2) is 7.12. The normalized spacial score (nSPS) is 13.7. The number of ether oxygens (including phenoxy) is 1. The van der Waals surface area contributed by atoms with Crippen molar-refractivity contribution in [1.82, 2.24) is 19.1 Å². The van der Waals surface area contributed by atoms with Crippen LogP contribution in [0.3, 0.4) is 0 Å². The van der Waals surface area contributed by atoms with Crippen LogP contribution in [0.4, 0.5) is 0 Å². The molecule has 0 fully saturated rings. The van der Waals surface area contributed by atoms with Crippen LogP contribution in [0.1, 0.15) is 43.7 Å². The molecule has 0 bridgehead atoms. The summed E-state index contributed by atoms with van der Waals surface area (Å²) in [5, 5.41) is 4.49. The molecule has 0 aliphatic carbocycles. The summed E-state index contributed by atoms with van der Waals surface area (Å²) in [5.41, 5.74) is 1.57. The van der Waals surface area contributed by atoms with Gasteiger partial charge in [-0.1, -0.05) is 30.3 Å². The summed E-state index contributed by atoms with van der Waals surface area (Å²) in [4.78, 5) is 40.5. The highest BCUT2D eigenvalue weighted by molar-refractivity contribution is 5.98. The van der Waals surface area contributed by atoms with Gasteiger partial charge in [-0.3, -0.25) is 14.4 Å². The van der Waals surface area contributed by atoms with E-state index in [4.69, 9.17) is 4.74 Å². The number of rotatable bonds is 4. The Morgan fingerprint density at radius 1 is 1.17 bits per heavy atom. The van der Waals surface area contributed by atoms with E-state index in [1.807, 2.05) is 51.1 Å². The Hall–Kier alpha value is -3.42. The van der Waals surface area contributed by atoms with E-state index >= 15 is 0 Å². The number of nitrogens with zero attached hydrogens (tertiary/aromatic N) is 4. The summed E-state index contributed by atoms with van der Waals surface area (Å²) in [6, 6.07) is 11.2. The molecule has 156 valence electrons. The zero-order valence-corrected chi connectivity index (χ0v) is 17.5. The summed E-state index contributed by atoms with van der Waals surface area (Å²) in [5.74, 6) is -0.751. The van der Waals surface area contributed by atoms with E-state index in [-0.39, 0.29) is 36.9 Å². The number of aromatic nitrogens is 3. The first-order chi connectivity index (χ1) is 14.2. The summed E-state index contributed by atoms with van der Waals surface area (Å²) in [6.07, 6.45) is 0. The van der Waals surface area contributed by atoms with Gasteiger partial charge < -0.3 is 14.2 Å². The van der Waals surface area contributed by atoms with Crippen LogP contribution in [0.5, 0.6) is 0 Å². The smallest absolute Gasteiger partial charge is 0.326 e. The highest BCUT2D eigenvalue weighted by Crippen LogP contribution is 2.29. The first kappa shape index (κ1) is 19.9. The molecular weight excluding hydrogens is 384 g/mol. The minimum absolute atomic E-state index is 0.176. The number of hydrogen-bond acceptors (Lipinski definition) is 5. The lowest BCUT2D eigenvalue weighted by Crippen LogP contribution is -2.41.